The summed E-state index contributed by atoms with van der Waals surface area (Å²) in [6.45, 7) is 3.41. The second kappa shape index (κ2) is 5.95. The fourth-order valence-electron chi connectivity index (χ4n) is 1.05. The topological polar surface area (TPSA) is 92.2 Å². The first kappa shape index (κ1) is 13.1. The van der Waals surface area contributed by atoms with Gasteiger partial charge in [-0.15, -0.1) is 6.58 Å². The van der Waals surface area contributed by atoms with Gasteiger partial charge < -0.3 is 10.4 Å². The first-order valence-corrected chi connectivity index (χ1v) is 5.04. The van der Waals surface area contributed by atoms with Crippen LogP contribution in [0.1, 0.15) is 16.9 Å². The molecule has 1 aromatic rings. The van der Waals surface area contributed by atoms with Crippen LogP contribution < -0.4 is 5.32 Å². The fraction of sp³-hybridized carbons (Fsp3) is 0.200. The number of nitrogens with one attached hydrogen (secondary N) is 1. The zero-order chi connectivity index (χ0) is 12.8. The van der Waals surface area contributed by atoms with E-state index in [9.17, 15) is 9.59 Å². The van der Waals surface area contributed by atoms with Gasteiger partial charge >= 0.3 is 5.97 Å². The molecule has 1 amide bonds. The molecule has 0 aliphatic heterocycles. The summed E-state index contributed by atoms with van der Waals surface area (Å²) in [6, 6.07) is -1.03. The maximum atomic E-state index is 11.6. The third-order valence-corrected chi connectivity index (χ3v) is 2.05. The van der Waals surface area contributed by atoms with E-state index in [1.54, 1.807) is 0 Å². The molecule has 1 unspecified atom stereocenters. The number of carboxylic acids is 1. The molecule has 1 heterocycles. The summed E-state index contributed by atoms with van der Waals surface area (Å²) in [6.07, 6.45) is 3.92. The van der Waals surface area contributed by atoms with Crippen molar-refractivity contribution in [1.82, 2.24) is 15.3 Å². The number of hydrogen-bond acceptors (Lipinski definition) is 4. The van der Waals surface area contributed by atoms with Crippen LogP contribution in [0.4, 0.5) is 0 Å². The van der Waals surface area contributed by atoms with Crippen LogP contribution in [0, 0.1) is 0 Å². The van der Waals surface area contributed by atoms with Crippen LogP contribution in [0.5, 0.6) is 0 Å². The van der Waals surface area contributed by atoms with Crippen molar-refractivity contribution in [3.63, 3.8) is 0 Å². The second-order valence-corrected chi connectivity index (χ2v) is 3.50. The van der Waals surface area contributed by atoms with Gasteiger partial charge in [0.05, 0.1) is 12.4 Å². The molecule has 1 rings (SSSR count). The molecule has 0 aliphatic carbocycles. The highest BCUT2D eigenvalue weighted by Crippen LogP contribution is 2.02. The van der Waals surface area contributed by atoms with E-state index in [4.69, 9.17) is 16.7 Å². The van der Waals surface area contributed by atoms with Gasteiger partial charge in [-0.2, -0.15) is 0 Å². The summed E-state index contributed by atoms with van der Waals surface area (Å²) in [5, 5.41) is 11.3. The number of carbonyl (C=O) groups is 2. The van der Waals surface area contributed by atoms with Gasteiger partial charge in [0.25, 0.3) is 5.91 Å². The Bertz CT molecular complexity index is 433. The molecule has 17 heavy (non-hydrogen) atoms. The number of aliphatic carboxylic acids is 1. The minimum absolute atomic E-state index is 0.00436. The standard InChI is InChI=1S/C10H10ClN3O3/c1-2-3-6(10(16)17)14-9(15)7-4-13-8(11)5-12-7/h2,4-6H,1,3H2,(H,14,15)(H,16,17). The predicted molar refractivity (Wildman–Crippen MR) is 60.7 cm³/mol. The molecule has 0 saturated carbocycles. The maximum Gasteiger partial charge on any atom is 0.326 e. The van der Waals surface area contributed by atoms with Crippen molar-refractivity contribution < 1.29 is 14.7 Å². The molecule has 2 N–H and O–H groups in total. The maximum absolute atomic E-state index is 11.6. The molecule has 0 aliphatic rings. The van der Waals surface area contributed by atoms with E-state index in [1.807, 2.05) is 0 Å². The number of halogens is 1. The summed E-state index contributed by atoms with van der Waals surface area (Å²) in [5.74, 6) is -1.76. The normalized spacial score (nSPS) is 11.6. The monoisotopic (exact) mass is 255 g/mol. The summed E-state index contributed by atoms with van der Waals surface area (Å²) >= 11 is 5.51. The number of hydrogen-bond donors (Lipinski definition) is 2. The Morgan fingerprint density at radius 1 is 1.53 bits per heavy atom. The van der Waals surface area contributed by atoms with Crippen LogP contribution >= 0.6 is 11.6 Å². The molecule has 0 radical (unpaired) electrons. The van der Waals surface area contributed by atoms with E-state index in [1.165, 1.54) is 18.5 Å². The van der Waals surface area contributed by atoms with Crippen molar-refractivity contribution in [1.29, 1.82) is 0 Å². The minimum Gasteiger partial charge on any atom is -0.480 e. The predicted octanol–water partition coefficient (Wildman–Crippen LogP) is 0.889. The van der Waals surface area contributed by atoms with Gasteiger partial charge in [0, 0.05) is 0 Å². The highest BCUT2D eigenvalue weighted by Gasteiger charge is 2.19. The van der Waals surface area contributed by atoms with Gasteiger partial charge in [-0.1, -0.05) is 17.7 Å². The lowest BCUT2D eigenvalue weighted by atomic mass is 10.2. The number of aromatic nitrogens is 2. The van der Waals surface area contributed by atoms with Crippen LogP contribution in [0.2, 0.25) is 5.15 Å². The first-order valence-electron chi connectivity index (χ1n) is 4.66. The van der Waals surface area contributed by atoms with Gasteiger partial charge in [0.2, 0.25) is 0 Å². The molecular weight excluding hydrogens is 246 g/mol. The van der Waals surface area contributed by atoms with Gasteiger partial charge in [-0.25, -0.2) is 14.8 Å². The summed E-state index contributed by atoms with van der Waals surface area (Å²) in [5.41, 5.74) is 0.00436. The van der Waals surface area contributed by atoms with Crippen molar-refractivity contribution in [2.75, 3.05) is 0 Å². The van der Waals surface area contributed by atoms with E-state index >= 15 is 0 Å². The van der Waals surface area contributed by atoms with Gasteiger partial charge in [0.1, 0.15) is 16.9 Å². The lowest BCUT2D eigenvalue weighted by molar-refractivity contribution is -0.139. The van der Waals surface area contributed by atoms with Crippen LogP contribution in [0.25, 0.3) is 0 Å². The van der Waals surface area contributed by atoms with Gasteiger partial charge in [-0.3, -0.25) is 4.79 Å². The Kier molecular flexibility index (Phi) is 4.59. The minimum atomic E-state index is -1.14. The molecule has 90 valence electrons. The molecule has 1 atom stereocenters. The number of rotatable bonds is 5. The average molecular weight is 256 g/mol. The Morgan fingerprint density at radius 3 is 2.71 bits per heavy atom. The molecule has 0 bridgehead atoms. The Balaban J connectivity index is 2.73. The molecule has 0 spiro atoms. The first-order chi connectivity index (χ1) is 8.04. The van der Waals surface area contributed by atoms with Crippen LogP contribution in [-0.4, -0.2) is 33.0 Å². The van der Waals surface area contributed by atoms with Crippen LogP contribution in [0.3, 0.4) is 0 Å². The van der Waals surface area contributed by atoms with Crippen molar-refractivity contribution in [2.24, 2.45) is 0 Å². The van der Waals surface area contributed by atoms with Crippen molar-refractivity contribution in [3.8, 4) is 0 Å². The highest BCUT2D eigenvalue weighted by molar-refractivity contribution is 6.29. The van der Waals surface area contributed by atoms with Crippen molar-refractivity contribution >= 4 is 23.5 Å². The van der Waals surface area contributed by atoms with Crippen LogP contribution in [-0.2, 0) is 4.79 Å². The lowest BCUT2D eigenvalue weighted by Crippen LogP contribution is -2.40. The summed E-state index contributed by atoms with van der Waals surface area (Å²) in [7, 11) is 0. The van der Waals surface area contributed by atoms with E-state index in [2.05, 4.69) is 21.9 Å². The molecular formula is C10H10ClN3O3. The Hall–Kier alpha value is -1.95. The Labute approximate surface area is 102 Å². The van der Waals surface area contributed by atoms with Gasteiger partial charge in [0.15, 0.2) is 0 Å². The number of carbonyl (C=O) groups excluding carboxylic acids is 1. The summed E-state index contributed by atoms with van der Waals surface area (Å²) < 4.78 is 0. The zero-order valence-corrected chi connectivity index (χ0v) is 9.52. The van der Waals surface area contributed by atoms with Crippen LogP contribution in [0.15, 0.2) is 25.0 Å². The molecule has 0 saturated heterocycles. The van der Waals surface area contributed by atoms with E-state index in [0.717, 1.165) is 0 Å². The third-order valence-electron chi connectivity index (χ3n) is 1.86. The van der Waals surface area contributed by atoms with Gasteiger partial charge in [-0.05, 0) is 6.42 Å². The third kappa shape index (κ3) is 3.84. The quantitative estimate of drug-likeness (QED) is 0.763. The fourth-order valence-corrected chi connectivity index (χ4v) is 1.15. The summed E-state index contributed by atoms with van der Waals surface area (Å²) in [4.78, 5) is 29.8. The van der Waals surface area contributed by atoms with Crippen molar-refractivity contribution in [3.05, 3.63) is 35.9 Å². The SMILES string of the molecule is C=CCC(NC(=O)c1cnc(Cl)cn1)C(=O)O. The number of nitrogens with zero attached hydrogens (tertiary/aromatic N) is 2. The average Bonchev–Trinajstić information content (AvgIpc) is 2.29. The smallest absolute Gasteiger partial charge is 0.326 e. The van der Waals surface area contributed by atoms with E-state index in [-0.39, 0.29) is 17.3 Å². The number of amides is 1. The van der Waals surface area contributed by atoms with Crippen molar-refractivity contribution in [2.45, 2.75) is 12.5 Å². The van der Waals surface area contributed by atoms with E-state index in [0.29, 0.717) is 0 Å². The molecule has 7 heteroatoms. The van der Waals surface area contributed by atoms with E-state index < -0.39 is 17.9 Å². The molecule has 0 fully saturated rings. The molecule has 6 nitrogen and oxygen atoms in total. The highest BCUT2D eigenvalue weighted by atomic mass is 35.5. The largest absolute Gasteiger partial charge is 0.480 e. The molecule has 1 aromatic heterocycles. The zero-order valence-electron chi connectivity index (χ0n) is 8.76. The molecule has 0 aromatic carbocycles. The lowest BCUT2D eigenvalue weighted by Gasteiger charge is -2.11. The Morgan fingerprint density at radius 2 is 2.24 bits per heavy atom. The second-order valence-electron chi connectivity index (χ2n) is 3.11. The number of carboxylic acid groups (broad SMARTS) is 1.